The number of esters is 1. The standard InChI is InChI=1S/C15H19NO5/c1-9(10(2)14(18)19)13(17)16-8-11-4-6-12(7-5-11)15(20)21-3/h4-7,9-10H,8H2,1-3H3,(H,16,17)(H,18,19). The molecule has 0 spiro atoms. The summed E-state index contributed by atoms with van der Waals surface area (Å²) < 4.78 is 4.59. The summed E-state index contributed by atoms with van der Waals surface area (Å²) in [6.07, 6.45) is 0. The second kappa shape index (κ2) is 7.42. The molecule has 0 aliphatic heterocycles. The minimum absolute atomic E-state index is 0.275. The maximum absolute atomic E-state index is 11.8. The first kappa shape index (κ1) is 16.7. The molecule has 1 amide bonds. The first-order valence-corrected chi connectivity index (χ1v) is 6.54. The molecule has 6 nitrogen and oxygen atoms in total. The SMILES string of the molecule is COC(=O)c1ccc(CNC(=O)C(C)C(C)C(=O)O)cc1. The van der Waals surface area contributed by atoms with Gasteiger partial charge in [-0.25, -0.2) is 4.79 Å². The number of benzene rings is 1. The third kappa shape index (κ3) is 4.59. The van der Waals surface area contributed by atoms with Gasteiger partial charge in [0.2, 0.25) is 5.91 Å². The molecule has 0 aromatic heterocycles. The largest absolute Gasteiger partial charge is 0.481 e. The Bertz CT molecular complexity index is 523. The molecule has 0 aliphatic rings. The summed E-state index contributed by atoms with van der Waals surface area (Å²) in [6.45, 7) is 3.35. The van der Waals surface area contributed by atoms with Crippen LogP contribution in [0.1, 0.15) is 29.8 Å². The minimum atomic E-state index is -1.000. The summed E-state index contributed by atoms with van der Waals surface area (Å²) in [6, 6.07) is 6.63. The molecule has 114 valence electrons. The molecule has 1 aromatic rings. The third-order valence-corrected chi connectivity index (χ3v) is 3.39. The zero-order chi connectivity index (χ0) is 16.0. The Balaban J connectivity index is 2.57. The van der Waals surface area contributed by atoms with Gasteiger partial charge in [-0.3, -0.25) is 9.59 Å². The summed E-state index contributed by atoms with van der Waals surface area (Å²) in [5, 5.41) is 11.5. The predicted molar refractivity (Wildman–Crippen MR) is 75.6 cm³/mol. The number of ether oxygens (including phenoxy) is 1. The third-order valence-electron chi connectivity index (χ3n) is 3.39. The molecule has 0 fully saturated rings. The van der Waals surface area contributed by atoms with Gasteiger partial charge in [0.05, 0.1) is 18.6 Å². The Labute approximate surface area is 123 Å². The molecule has 0 heterocycles. The highest BCUT2D eigenvalue weighted by Gasteiger charge is 2.25. The lowest BCUT2D eigenvalue weighted by atomic mass is 9.95. The van der Waals surface area contributed by atoms with Gasteiger partial charge in [0.15, 0.2) is 0 Å². The van der Waals surface area contributed by atoms with Crippen LogP contribution in [0.2, 0.25) is 0 Å². The highest BCUT2D eigenvalue weighted by Crippen LogP contribution is 2.12. The number of amides is 1. The lowest BCUT2D eigenvalue weighted by Crippen LogP contribution is -2.34. The maximum Gasteiger partial charge on any atom is 0.337 e. The van der Waals surface area contributed by atoms with Gasteiger partial charge in [0, 0.05) is 12.5 Å². The number of methoxy groups -OCH3 is 1. The van der Waals surface area contributed by atoms with Crippen molar-refractivity contribution < 1.29 is 24.2 Å². The van der Waals surface area contributed by atoms with E-state index in [2.05, 4.69) is 10.1 Å². The normalized spacial score (nSPS) is 13.1. The Kier molecular flexibility index (Phi) is 5.90. The van der Waals surface area contributed by atoms with E-state index in [4.69, 9.17) is 5.11 Å². The molecule has 1 aromatic carbocycles. The van der Waals surface area contributed by atoms with Crippen molar-refractivity contribution in [3.05, 3.63) is 35.4 Å². The maximum atomic E-state index is 11.8. The zero-order valence-corrected chi connectivity index (χ0v) is 12.3. The highest BCUT2D eigenvalue weighted by atomic mass is 16.5. The number of carboxylic acid groups (broad SMARTS) is 1. The van der Waals surface area contributed by atoms with Gasteiger partial charge in [-0.15, -0.1) is 0 Å². The lowest BCUT2D eigenvalue weighted by Gasteiger charge is -2.15. The fourth-order valence-corrected chi connectivity index (χ4v) is 1.67. The van der Waals surface area contributed by atoms with Crippen LogP contribution in [-0.4, -0.2) is 30.1 Å². The number of rotatable bonds is 6. The van der Waals surface area contributed by atoms with Gasteiger partial charge < -0.3 is 15.2 Å². The van der Waals surface area contributed by atoms with Crippen LogP contribution in [0.5, 0.6) is 0 Å². The molecular formula is C15H19NO5. The summed E-state index contributed by atoms with van der Waals surface area (Å²) in [4.78, 5) is 33.9. The van der Waals surface area contributed by atoms with Crippen molar-refractivity contribution in [2.24, 2.45) is 11.8 Å². The smallest absolute Gasteiger partial charge is 0.337 e. The van der Waals surface area contributed by atoms with E-state index in [0.29, 0.717) is 5.56 Å². The minimum Gasteiger partial charge on any atom is -0.481 e. The number of carbonyl (C=O) groups excluding carboxylic acids is 2. The second-order valence-corrected chi connectivity index (χ2v) is 4.82. The molecule has 1 rings (SSSR count). The van der Waals surface area contributed by atoms with Crippen LogP contribution in [0.4, 0.5) is 0 Å². The van der Waals surface area contributed by atoms with Gasteiger partial charge in [-0.2, -0.15) is 0 Å². The number of carbonyl (C=O) groups is 3. The zero-order valence-electron chi connectivity index (χ0n) is 12.3. The van der Waals surface area contributed by atoms with Crippen LogP contribution < -0.4 is 5.32 Å². The van der Waals surface area contributed by atoms with E-state index in [1.54, 1.807) is 31.2 Å². The van der Waals surface area contributed by atoms with Crippen molar-refractivity contribution in [2.45, 2.75) is 20.4 Å². The predicted octanol–water partition coefficient (Wildman–Crippen LogP) is 1.45. The Morgan fingerprint density at radius 2 is 1.71 bits per heavy atom. The first-order valence-electron chi connectivity index (χ1n) is 6.54. The molecule has 0 aliphatic carbocycles. The summed E-state index contributed by atoms with van der Waals surface area (Å²) in [5.74, 6) is -3.10. The van der Waals surface area contributed by atoms with Gasteiger partial charge in [-0.05, 0) is 17.7 Å². The van der Waals surface area contributed by atoms with E-state index in [1.807, 2.05) is 0 Å². The van der Waals surface area contributed by atoms with Crippen molar-refractivity contribution in [3.8, 4) is 0 Å². The fourth-order valence-electron chi connectivity index (χ4n) is 1.67. The van der Waals surface area contributed by atoms with Crippen LogP contribution in [0.3, 0.4) is 0 Å². The van der Waals surface area contributed by atoms with Crippen molar-refractivity contribution >= 4 is 17.8 Å². The molecule has 0 saturated heterocycles. The van der Waals surface area contributed by atoms with Crippen molar-refractivity contribution in [1.29, 1.82) is 0 Å². The van der Waals surface area contributed by atoms with Crippen LogP contribution in [-0.2, 0) is 20.9 Å². The average Bonchev–Trinajstić information content (AvgIpc) is 2.50. The topological polar surface area (TPSA) is 92.7 Å². The van der Waals surface area contributed by atoms with Crippen molar-refractivity contribution in [2.75, 3.05) is 7.11 Å². The van der Waals surface area contributed by atoms with Crippen LogP contribution >= 0.6 is 0 Å². The summed E-state index contributed by atoms with van der Waals surface area (Å²) in [5.41, 5.74) is 1.24. The number of aliphatic carboxylic acids is 1. The van der Waals surface area contributed by atoms with Crippen LogP contribution in [0.25, 0.3) is 0 Å². The Morgan fingerprint density at radius 1 is 1.14 bits per heavy atom. The average molecular weight is 293 g/mol. The number of hydrogen-bond donors (Lipinski definition) is 2. The quantitative estimate of drug-likeness (QED) is 0.774. The molecular weight excluding hydrogens is 274 g/mol. The molecule has 2 N–H and O–H groups in total. The van der Waals surface area contributed by atoms with Gasteiger partial charge in [0.1, 0.15) is 0 Å². The van der Waals surface area contributed by atoms with Crippen LogP contribution in [0.15, 0.2) is 24.3 Å². The Hall–Kier alpha value is -2.37. The molecule has 2 unspecified atom stereocenters. The van der Waals surface area contributed by atoms with Crippen molar-refractivity contribution in [1.82, 2.24) is 5.32 Å². The van der Waals surface area contributed by atoms with Crippen molar-refractivity contribution in [3.63, 3.8) is 0 Å². The summed E-state index contributed by atoms with van der Waals surface area (Å²) >= 11 is 0. The van der Waals surface area contributed by atoms with E-state index in [-0.39, 0.29) is 12.5 Å². The number of nitrogens with one attached hydrogen (secondary N) is 1. The summed E-state index contributed by atoms with van der Waals surface area (Å²) in [7, 11) is 1.31. The van der Waals surface area contributed by atoms with E-state index in [0.717, 1.165) is 5.56 Å². The number of hydrogen-bond acceptors (Lipinski definition) is 4. The van der Waals surface area contributed by atoms with Gasteiger partial charge >= 0.3 is 11.9 Å². The number of carboxylic acids is 1. The van der Waals surface area contributed by atoms with E-state index in [9.17, 15) is 14.4 Å². The van der Waals surface area contributed by atoms with E-state index in [1.165, 1.54) is 14.0 Å². The molecule has 0 saturated carbocycles. The second-order valence-electron chi connectivity index (χ2n) is 4.82. The van der Waals surface area contributed by atoms with E-state index < -0.39 is 23.8 Å². The molecule has 0 radical (unpaired) electrons. The monoisotopic (exact) mass is 293 g/mol. The highest BCUT2D eigenvalue weighted by molar-refractivity contribution is 5.89. The molecule has 0 bridgehead atoms. The van der Waals surface area contributed by atoms with Gasteiger partial charge in [-0.1, -0.05) is 26.0 Å². The molecule has 6 heteroatoms. The van der Waals surface area contributed by atoms with Gasteiger partial charge in [0.25, 0.3) is 0 Å². The van der Waals surface area contributed by atoms with Crippen LogP contribution in [0, 0.1) is 11.8 Å². The first-order chi connectivity index (χ1) is 9.86. The molecule has 2 atom stereocenters. The fraction of sp³-hybridized carbons (Fsp3) is 0.400. The van der Waals surface area contributed by atoms with E-state index >= 15 is 0 Å². The Morgan fingerprint density at radius 3 is 2.19 bits per heavy atom. The molecule has 21 heavy (non-hydrogen) atoms. The lowest BCUT2D eigenvalue weighted by molar-refractivity contribution is -0.146.